The molecule has 0 fully saturated rings. The second kappa shape index (κ2) is 3.46. The third-order valence-electron chi connectivity index (χ3n) is 3.86. The Morgan fingerprint density at radius 1 is 0.889 bits per heavy atom. The summed E-state index contributed by atoms with van der Waals surface area (Å²) in [6.45, 7) is 2.17. The number of rotatable bonds is 0. The molecular weight excluding hydrogens is 216 g/mol. The Balaban J connectivity index is 2.37. The lowest BCUT2D eigenvalue weighted by molar-refractivity contribution is 1.31. The van der Waals surface area contributed by atoms with Gasteiger partial charge in [0.25, 0.3) is 0 Å². The minimum absolute atomic E-state index is 1.03. The Morgan fingerprint density at radius 3 is 2.50 bits per heavy atom. The zero-order valence-electron chi connectivity index (χ0n) is 10.4. The molecule has 1 aliphatic carbocycles. The fourth-order valence-corrected chi connectivity index (χ4v) is 3.10. The van der Waals surface area contributed by atoms with E-state index in [0.717, 1.165) is 6.42 Å². The molecule has 0 aliphatic heterocycles. The van der Waals surface area contributed by atoms with Gasteiger partial charge in [-0.2, -0.15) is 0 Å². The van der Waals surface area contributed by atoms with Crippen LogP contribution in [0, 0.1) is 6.92 Å². The van der Waals surface area contributed by atoms with E-state index in [2.05, 4.69) is 61.5 Å². The molecule has 0 unspecified atom stereocenters. The summed E-state index contributed by atoms with van der Waals surface area (Å²) >= 11 is 0. The van der Waals surface area contributed by atoms with Gasteiger partial charge in [0.2, 0.25) is 0 Å². The maximum Gasteiger partial charge on any atom is -0.00298 e. The Bertz CT molecular complexity index is 832. The Kier molecular flexibility index (Phi) is 1.90. The van der Waals surface area contributed by atoms with E-state index in [1.807, 2.05) is 0 Å². The van der Waals surface area contributed by atoms with Gasteiger partial charge in [-0.15, -0.1) is 0 Å². The fraction of sp³-hybridized carbons (Fsp3) is 0.111. The molecule has 0 radical (unpaired) electrons. The first-order chi connectivity index (χ1) is 8.83. The minimum atomic E-state index is 1.03. The van der Waals surface area contributed by atoms with E-state index in [0.29, 0.717) is 0 Å². The molecule has 0 saturated carbocycles. The third-order valence-corrected chi connectivity index (χ3v) is 3.86. The maximum absolute atomic E-state index is 2.29. The first kappa shape index (κ1) is 9.90. The molecule has 0 heterocycles. The van der Waals surface area contributed by atoms with Crippen LogP contribution in [0.3, 0.4) is 0 Å². The largest absolute Gasteiger partial charge is 0.0801 e. The van der Waals surface area contributed by atoms with E-state index >= 15 is 0 Å². The van der Waals surface area contributed by atoms with Crippen molar-refractivity contribution in [2.24, 2.45) is 0 Å². The van der Waals surface area contributed by atoms with E-state index in [9.17, 15) is 0 Å². The molecule has 3 aromatic carbocycles. The highest BCUT2D eigenvalue weighted by atomic mass is 14.1. The molecule has 0 aromatic heterocycles. The van der Waals surface area contributed by atoms with Crippen LogP contribution in [0.25, 0.3) is 27.6 Å². The zero-order valence-corrected chi connectivity index (χ0v) is 10.4. The van der Waals surface area contributed by atoms with Gasteiger partial charge in [-0.25, -0.2) is 0 Å². The average Bonchev–Trinajstić information content (AvgIpc) is 2.58. The lowest BCUT2D eigenvalue weighted by Gasteiger charge is -2.11. The smallest absolute Gasteiger partial charge is 0.00298 e. The van der Waals surface area contributed by atoms with Gasteiger partial charge in [0.15, 0.2) is 0 Å². The molecule has 0 spiro atoms. The molecule has 1 aliphatic rings. The number of aryl methyl sites for hydroxylation is 1. The lowest BCUT2D eigenvalue weighted by atomic mass is 9.93. The van der Waals surface area contributed by atoms with Crippen molar-refractivity contribution in [1.82, 2.24) is 0 Å². The van der Waals surface area contributed by atoms with Crippen LogP contribution in [0.15, 0.2) is 48.6 Å². The minimum Gasteiger partial charge on any atom is -0.0801 e. The van der Waals surface area contributed by atoms with E-state index in [4.69, 9.17) is 0 Å². The number of hydrogen-bond acceptors (Lipinski definition) is 0. The van der Waals surface area contributed by atoms with Crippen LogP contribution in [0.4, 0.5) is 0 Å². The van der Waals surface area contributed by atoms with Gasteiger partial charge in [-0.1, -0.05) is 54.6 Å². The topological polar surface area (TPSA) is 0 Å². The number of benzene rings is 3. The second-order valence-electron chi connectivity index (χ2n) is 5.14. The first-order valence-corrected chi connectivity index (χ1v) is 6.44. The van der Waals surface area contributed by atoms with Crippen molar-refractivity contribution in [3.63, 3.8) is 0 Å². The highest BCUT2D eigenvalue weighted by molar-refractivity contribution is 6.12. The molecule has 0 N–H and O–H groups in total. The molecule has 4 rings (SSSR count). The summed E-state index contributed by atoms with van der Waals surface area (Å²) in [7, 11) is 0. The maximum atomic E-state index is 2.29. The summed E-state index contributed by atoms with van der Waals surface area (Å²) in [5.74, 6) is 0. The SMILES string of the molecule is Cc1cc2ccc3c4c(ccc(c1)c24)=CC=CC3. The summed E-state index contributed by atoms with van der Waals surface area (Å²) in [4.78, 5) is 0. The normalized spacial score (nSPS) is 13.8. The van der Waals surface area contributed by atoms with Crippen molar-refractivity contribution in [3.05, 3.63) is 64.9 Å². The Labute approximate surface area is 106 Å². The monoisotopic (exact) mass is 230 g/mol. The van der Waals surface area contributed by atoms with Crippen molar-refractivity contribution in [1.29, 1.82) is 0 Å². The van der Waals surface area contributed by atoms with E-state index in [1.165, 1.54) is 37.9 Å². The molecule has 0 heteroatoms. The van der Waals surface area contributed by atoms with Crippen LogP contribution < -0.4 is 5.22 Å². The van der Waals surface area contributed by atoms with Crippen LogP contribution >= 0.6 is 0 Å². The number of allylic oxidation sites excluding steroid dienone is 2. The molecule has 0 saturated heterocycles. The van der Waals surface area contributed by atoms with Crippen LogP contribution in [0.1, 0.15) is 11.1 Å². The van der Waals surface area contributed by atoms with Crippen molar-refractivity contribution in [2.45, 2.75) is 13.3 Å². The summed E-state index contributed by atoms with van der Waals surface area (Å²) in [5.41, 5.74) is 2.78. The second-order valence-corrected chi connectivity index (χ2v) is 5.14. The molecule has 0 atom stereocenters. The van der Waals surface area contributed by atoms with Gasteiger partial charge in [-0.05, 0) is 51.2 Å². The van der Waals surface area contributed by atoms with Gasteiger partial charge >= 0.3 is 0 Å². The molecule has 0 amide bonds. The summed E-state index contributed by atoms with van der Waals surface area (Å²) < 4.78 is 0. The molecular formula is C18H14. The highest BCUT2D eigenvalue weighted by Crippen LogP contribution is 2.29. The van der Waals surface area contributed by atoms with E-state index < -0.39 is 0 Å². The fourth-order valence-electron chi connectivity index (χ4n) is 3.10. The van der Waals surface area contributed by atoms with Crippen LogP contribution in [0.5, 0.6) is 0 Å². The van der Waals surface area contributed by atoms with Gasteiger partial charge in [0.1, 0.15) is 0 Å². The van der Waals surface area contributed by atoms with Crippen molar-refractivity contribution < 1.29 is 0 Å². The van der Waals surface area contributed by atoms with Crippen molar-refractivity contribution in [3.8, 4) is 0 Å². The van der Waals surface area contributed by atoms with E-state index in [1.54, 1.807) is 0 Å². The molecule has 3 aromatic rings. The van der Waals surface area contributed by atoms with E-state index in [-0.39, 0.29) is 0 Å². The van der Waals surface area contributed by atoms with Crippen LogP contribution in [0.2, 0.25) is 0 Å². The van der Waals surface area contributed by atoms with Crippen molar-refractivity contribution >= 4 is 27.6 Å². The number of hydrogen-bond donors (Lipinski definition) is 0. The van der Waals surface area contributed by atoms with Gasteiger partial charge in [0.05, 0.1) is 0 Å². The molecule has 18 heavy (non-hydrogen) atoms. The van der Waals surface area contributed by atoms with Crippen LogP contribution in [-0.2, 0) is 6.42 Å². The van der Waals surface area contributed by atoms with Gasteiger partial charge < -0.3 is 0 Å². The highest BCUT2D eigenvalue weighted by Gasteiger charge is 2.09. The molecule has 0 bridgehead atoms. The summed E-state index contributed by atoms with van der Waals surface area (Å²) in [5, 5.41) is 6.94. The first-order valence-electron chi connectivity index (χ1n) is 6.44. The lowest BCUT2D eigenvalue weighted by Crippen LogP contribution is -2.03. The Hall–Kier alpha value is -2.08. The standard InChI is InChI=1S/C18H14/c1-12-10-15-8-6-13-4-2-3-5-14-7-9-16(11-12)18(15)17(13)14/h2-4,6-11H,5H2,1H3. The van der Waals surface area contributed by atoms with Crippen molar-refractivity contribution in [2.75, 3.05) is 0 Å². The average molecular weight is 230 g/mol. The quantitative estimate of drug-likeness (QED) is 0.549. The van der Waals surface area contributed by atoms with Gasteiger partial charge in [0, 0.05) is 0 Å². The summed E-state index contributed by atoms with van der Waals surface area (Å²) in [6.07, 6.45) is 7.67. The van der Waals surface area contributed by atoms with Crippen LogP contribution in [-0.4, -0.2) is 0 Å². The summed E-state index contributed by atoms with van der Waals surface area (Å²) in [6, 6.07) is 13.6. The predicted molar refractivity (Wildman–Crippen MR) is 78.7 cm³/mol. The zero-order chi connectivity index (χ0) is 12.1. The predicted octanol–water partition coefficient (Wildman–Crippen LogP) is 3.91. The van der Waals surface area contributed by atoms with Gasteiger partial charge in [-0.3, -0.25) is 0 Å². The third kappa shape index (κ3) is 1.26. The molecule has 0 nitrogen and oxygen atoms in total. The molecule has 86 valence electrons. The Morgan fingerprint density at radius 2 is 1.67 bits per heavy atom.